The minimum absolute atomic E-state index is 0.161. The molecule has 2 rings (SSSR count). The summed E-state index contributed by atoms with van der Waals surface area (Å²) in [6.07, 6.45) is 0. The highest BCUT2D eigenvalue weighted by atomic mass is 79.9. The Morgan fingerprint density at radius 3 is 2.94 bits per heavy atom. The van der Waals surface area contributed by atoms with Crippen LogP contribution in [0.5, 0.6) is 11.5 Å². The van der Waals surface area contributed by atoms with Crippen LogP contribution in [-0.4, -0.2) is 24.9 Å². The number of halogens is 1. The van der Waals surface area contributed by atoms with Crippen LogP contribution in [0.3, 0.4) is 0 Å². The minimum atomic E-state index is -0.937. The van der Waals surface area contributed by atoms with Gasteiger partial charge in [0.05, 0.1) is 4.47 Å². The van der Waals surface area contributed by atoms with Crippen LogP contribution >= 0.6 is 15.9 Å². The van der Waals surface area contributed by atoms with Crippen LogP contribution in [0.15, 0.2) is 16.6 Å². The van der Waals surface area contributed by atoms with Crippen LogP contribution in [0.25, 0.3) is 0 Å². The predicted molar refractivity (Wildman–Crippen MR) is 59.7 cm³/mol. The summed E-state index contributed by atoms with van der Waals surface area (Å²) < 4.78 is 11.1. The smallest absolute Gasteiger partial charge is 0.325 e. The van der Waals surface area contributed by atoms with E-state index < -0.39 is 12.0 Å². The molecular formula is C10H10BrNO4. The van der Waals surface area contributed by atoms with Gasteiger partial charge in [-0.25, -0.2) is 0 Å². The lowest BCUT2D eigenvalue weighted by molar-refractivity contribution is -0.139. The number of carboxylic acids is 1. The lowest BCUT2D eigenvalue weighted by Crippen LogP contribution is -2.24. The lowest BCUT2D eigenvalue weighted by atomic mass is 10.1. The summed E-state index contributed by atoms with van der Waals surface area (Å²) in [6.45, 7) is 0.161. The first kappa shape index (κ1) is 11.2. The van der Waals surface area contributed by atoms with Crippen LogP contribution in [0.1, 0.15) is 11.6 Å². The summed E-state index contributed by atoms with van der Waals surface area (Å²) in [5, 5.41) is 11.7. The van der Waals surface area contributed by atoms with Gasteiger partial charge in [-0.05, 0) is 40.7 Å². The number of likely N-dealkylation sites (N-methyl/N-ethyl adjacent to an activating group) is 1. The van der Waals surface area contributed by atoms with Gasteiger partial charge in [-0.15, -0.1) is 0 Å². The second-order valence-corrected chi connectivity index (χ2v) is 4.15. The Hall–Kier alpha value is -1.27. The van der Waals surface area contributed by atoms with Gasteiger partial charge in [0, 0.05) is 0 Å². The third kappa shape index (κ3) is 1.85. The van der Waals surface area contributed by atoms with E-state index in [1.165, 1.54) is 0 Å². The van der Waals surface area contributed by atoms with E-state index in [0.29, 0.717) is 21.5 Å². The van der Waals surface area contributed by atoms with Gasteiger partial charge >= 0.3 is 5.97 Å². The van der Waals surface area contributed by atoms with E-state index in [9.17, 15) is 4.79 Å². The number of carboxylic acid groups (broad SMARTS) is 1. The summed E-state index contributed by atoms with van der Waals surface area (Å²) in [4.78, 5) is 11.0. The van der Waals surface area contributed by atoms with Crippen LogP contribution < -0.4 is 14.8 Å². The largest absolute Gasteiger partial charge is 0.480 e. The van der Waals surface area contributed by atoms with Crippen molar-refractivity contribution >= 4 is 21.9 Å². The molecule has 0 radical (unpaired) electrons. The fraction of sp³-hybridized carbons (Fsp3) is 0.300. The molecule has 6 heteroatoms. The Kier molecular flexibility index (Phi) is 3.02. The molecule has 2 N–H and O–H groups in total. The topological polar surface area (TPSA) is 67.8 Å². The summed E-state index contributed by atoms with van der Waals surface area (Å²) in [7, 11) is 1.59. The number of nitrogens with one attached hydrogen (secondary N) is 1. The molecule has 0 amide bonds. The van der Waals surface area contributed by atoms with Gasteiger partial charge in [0.2, 0.25) is 6.79 Å². The number of rotatable bonds is 3. The highest BCUT2D eigenvalue weighted by Gasteiger charge is 2.24. The highest BCUT2D eigenvalue weighted by molar-refractivity contribution is 9.10. The molecule has 0 saturated heterocycles. The first-order valence-electron chi connectivity index (χ1n) is 4.62. The Balaban J connectivity index is 2.43. The standard InChI is InChI=1S/C10H10BrNO4/c1-12-8(10(13)14)5-2-6(11)9-7(3-5)15-4-16-9/h2-3,8,12H,4H2,1H3,(H,13,14). The van der Waals surface area contributed by atoms with Gasteiger partial charge in [-0.2, -0.15) is 0 Å². The number of hydrogen-bond acceptors (Lipinski definition) is 4. The summed E-state index contributed by atoms with van der Waals surface area (Å²) in [5.41, 5.74) is 0.617. The van der Waals surface area contributed by atoms with Crippen molar-refractivity contribution in [1.29, 1.82) is 0 Å². The summed E-state index contributed by atoms with van der Waals surface area (Å²) >= 11 is 3.32. The molecule has 0 aromatic heterocycles. The molecule has 0 spiro atoms. The van der Waals surface area contributed by atoms with Crippen molar-refractivity contribution in [1.82, 2.24) is 5.32 Å². The zero-order valence-electron chi connectivity index (χ0n) is 8.49. The van der Waals surface area contributed by atoms with E-state index in [4.69, 9.17) is 14.6 Å². The van der Waals surface area contributed by atoms with Crippen molar-refractivity contribution in [3.63, 3.8) is 0 Å². The maximum Gasteiger partial charge on any atom is 0.325 e. The minimum Gasteiger partial charge on any atom is -0.480 e. The maximum absolute atomic E-state index is 11.0. The molecule has 1 aromatic rings. The average Bonchev–Trinajstić information content (AvgIpc) is 2.66. The monoisotopic (exact) mass is 287 g/mol. The second-order valence-electron chi connectivity index (χ2n) is 3.30. The van der Waals surface area contributed by atoms with Crippen LogP contribution in [0.2, 0.25) is 0 Å². The molecule has 1 heterocycles. The molecule has 1 aliphatic rings. The van der Waals surface area contributed by atoms with Gasteiger partial charge in [0.25, 0.3) is 0 Å². The van der Waals surface area contributed by atoms with E-state index in [1.807, 2.05) is 0 Å². The predicted octanol–water partition coefficient (Wildman–Crippen LogP) is 1.52. The highest BCUT2D eigenvalue weighted by Crippen LogP contribution is 2.41. The molecule has 0 aliphatic carbocycles. The number of carbonyl (C=O) groups is 1. The summed E-state index contributed by atoms with van der Waals surface area (Å²) in [5.74, 6) is 0.239. The van der Waals surface area contributed by atoms with Crippen molar-refractivity contribution in [2.24, 2.45) is 0 Å². The van der Waals surface area contributed by atoms with E-state index in [0.717, 1.165) is 0 Å². The van der Waals surface area contributed by atoms with Crippen molar-refractivity contribution in [2.75, 3.05) is 13.8 Å². The Bertz CT molecular complexity index is 435. The van der Waals surface area contributed by atoms with Gasteiger partial charge in [-0.3, -0.25) is 4.79 Å². The third-order valence-corrected chi connectivity index (χ3v) is 2.91. The van der Waals surface area contributed by atoms with Crippen molar-refractivity contribution in [3.8, 4) is 11.5 Å². The Labute approximate surface area is 100 Å². The molecule has 1 unspecified atom stereocenters. The quantitative estimate of drug-likeness (QED) is 0.882. The molecule has 1 aromatic carbocycles. The van der Waals surface area contributed by atoms with E-state index >= 15 is 0 Å². The summed E-state index contributed by atoms with van der Waals surface area (Å²) in [6, 6.07) is 2.62. The number of hydrogen-bond donors (Lipinski definition) is 2. The number of aliphatic carboxylic acids is 1. The molecular weight excluding hydrogens is 278 g/mol. The van der Waals surface area contributed by atoms with E-state index in [-0.39, 0.29) is 6.79 Å². The second kappa shape index (κ2) is 4.31. The normalized spacial score (nSPS) is 14.9. The lowest BCUT2D eigenvalue weighted by Gasteiger charge is -2.12. The maximum atomic E-state index is 11.0. The SMILES string of the molecule is CNC(C(=O)O)c1cc(Br)c2c(c1)OCO2. The van der Waals surface area contributed by atoms with Crippen LogP contribution in [0.4, 0.5) is 0 Å². The van der Waals surface area contributed by atoms with Gasteiger partial charge in [0.15, 0.2) is 11.5 Å². The van der Waals surface area contributed by atoms with Gasteiger partial charge in [0.1, 0.15) is 6.04 Å². The van der Waals surface area contributed by atoms with Gasteiger partial charge < -0.3 is 19.9 Å². The first-order valence-corrected chi connectivity index (χ1v) is 5.42. The van der Waals surface area contributed by atoms with Crippen molar-refractivity contribution in [2.45, 2.75) is 6.04 Å². The fourth-order valence-electron chi connectivity index (χ4n) is 1.59. The molecule has 1 atom stereocenters. The number of ether oxygens (including phenoxy) is 2. The van der Waals surface area contributed by atoms with Crippen LogP contribution in [-0.2, 0) is 4.79 Å². The number of fused-ring (bicyclic) bond motifs is 1. The van der Waals surface area contributed by atoms with Gasteiger partial charge in [-0.1, -0.05) is 0 Å². The molecule has 5 nitrogen and oxygen atoms in total. The first-order chi connectivity index (χ1) is 7.63. The molecule has 86 valence electrons. The Morgan fingerprint density at radius 1 is 1.56 bits per heavy atom. The van der Waals surface area contributed by atoms with Crippen molar-refractivity contribution in [3.05, 3.63) is 22.2 Å². The zero-order chi connectivity index (χ0) is 11.7. The zero-order valence-corrected chi connectivity index (χ0v) is 10.1. The molecule has 16 heavy (non-hydrogen) atoms. The third-order valence-electron chi connectivity index (χ3n) is 2.32. The van der Waals surface area contributed by atoms with Crippen LogP contribution in [0, 0.1) is 0 Å². The molecule has 0 bridgehead atoms. The van der Waals surface area contributed by atoms with E-state index in [2.05, 4.69) is 21.2 Å². The molecule has 0 saturated carbocycles. The number of benzene rings is 1. The van der Waals surface area contributed by atoms with E-state index in [1.54, 1.807) is 19.2 Å². The Morgan fingerprint density at radius 2 is 2.31 bits per heavy atom. The fourth-order valence-corrected chi connectivity index (χ4v) is 2.16. The molecule has 1 aliphatic heterocycles. The van der Waals surface area contributed by atoms with Crippen molar-refractivity contribution < 1.29 is 19.4 Å². The average molecular weight is 288 g/mol. The molecule has 0 fully saturated rings.